The summed E-state index contributed by atoms with van der Waals surface area (Å²) in [5, 5.41) is 10.1. The monoisotopic (exact) mass is 456 g/mol. The molecule has 6 nitrogen and oxygen atoms in total. The van der Waals surface area contributed by atoms with Gasteiger partial charge in [0.15, 0.2) is 0 Å². The SMILES string of the molecule is CC=Cc1ccc([C@H]2[C@H]3CN(S(=O)(=O)c4ccc(OC)cc4)CCCCN3[C@H]2CO)cc1. The van der Waals surface area contributed by atoms with E-state index in [1.54, 1.807) is 35.7 Å². The van der Waals surface area contributed by atoms with Crippen molar-refractivity contribution < 1.29 is 18.3 Å². The number of allylic oxidation sites excluding steroid dienone is 1. The van der Waals surface area contributed by atoms with Gasteiger partial charge >= 0.3 is 0 Å². The summed E-state index contributed by atoms with van der Waals surface area (Å²) >= 11 is 0. The fourth-order valence-electron chi connectivity index (χ4n) is 5.05. The van der Waals surface area contributed by atoms with E-state index in [-0.39, 0.29) is 29.5 Å². The lowest BCUT2D eigenvalue weighted by Crippen LogP contribution is -2.67. The highest BCUT2D eigenvalue weighted by atomic mass is 32.2. The first-order valence-electron chi connectivity index (χ1n) is 11.2. The Morgan fingerprint density at radius 1 is 1.06 bits per heavy atom. The minimum atomic E-state index is -3.61. The van der Waals surface area contributed by atoms with Crippen LogP contribution in [-0.2, 0) is 10.0 Å². The van der Waals surface area contributed by atoms with Crippen LogP contribution in [0.2, 0.25) is 0 Å². The van der Waals surface area contributed by atoms with E-state index in [1.807, 2.05) is 13.0 Å². The second kappa shape index (κ2) is 9.75. The molecule has 2 heterocycles. The van der Waals surface area contributed by atoms with E-state index in [1.165, 1.54) is 0 Å². The molecule has 0 saturated carbocycles. The molecule has 0 amide bonds. The minimum Gasteiger partial charge on any atom is -0.497 e. The summed E-state index contributed by atoms with van der Waals surface area (Å²) < 4.78 is 33.7. The zero-order chi connectivity index (χ0) is 22.7. The van der Waals surface area contributed by atoms with Crippen LogP contribution in [0.4, 0.5) is 0 Å². The summed E-state index contributed by atoms with van der Waals surface area (Å²) in [5.41, 5.74) is 2.29. The first-order valence-corrected chi connectivity index (χ1v) is 12.7. The fraction of sp³-hybridized carbons (Fsp3) is 0.440. The van der Waals surface area contributed by atoms with Crippen LogP contribution in [0.1, 0.15) is 36.8 Å². The van der Waals surface area contributed by atoms with Gasteiger partial charge in [0.2, 0.25) is 10.0 Å². The molecule has 0 spiro atoms. The molecule has 2 fully saturated rings. The molecule has 32 heavy (non-hydrogen) atoms. The first-order chi connectivity index (χ1) is 15.5. The molecule has 0 aromatic heterocycles. The predicted molar refractivity (Wildman–Crippen MR) is 126 cm³/mol. The van der Waals surface area contributed by atoms with E-state index in [4.69, 9.17) is 4.74 Å². The average Bonchev–Trinajstić information content (AvgIpc) is 2.79. The van der Waals surface area contributed by atoms with Crippen molar-refractivity contribution in [2.24, 2.45) is 0 Å². The topological polar surface area (TPSA) is 70.1 Å². The maximum absolute atomic E-state index is 13.4. The van der Waals surface area contributed by atoms with Gasteiger partial charge in [0.05, 0.1) is 18.6 Å². The number of sulfonamides is 1. The summed E-state index contributed by atoms with van der Waals surface area (Å²) in [7, 11) is -2.05. The number of aliphatic hydroxyl groups excluding tert-OH is 1. The zero-order valence-electron chi connectivity index (χ0n) is 18.7. The maximum Gasteiger partial charge on any atom is 0.243 e. The van der Waals surface area contributed by atoms with Gasteiger partial charge in [-0.05, 0) is 61.7 Å². The normalized spacial score (nSPS) is 25.0. The van der Waals surface area contributed by atoms with Crippen molar-refractivity contribution in [1.29, 1.82) is 0 Å². The highest BCUT2D eigenvalue weighted by molar-refractivity contribution is 7.89. The number of aliphatic hydroxyl groups is 1. The number of nitrogens with zero attached hydrogens (tertiary/aromatic N) is 2. The molecule has 4 rings (SSSR count). The van der Waals surface area contributed by atoms with Crippen molar-refractivity contribution in [3.05, 3.63) is 65.7 Å². The summed E-state index contributed by atoms with van der Waals surface area (Å²) in [4.78, 5) is 2.58. The fourth-order valence-corrected chi connectivity index (χ4v) is 6.54. The zero-order valence-corrected chi connectivity index (χ0v) is 19.5. The Morgan fingerprint density at radius 2 is 1.75 bits per heavy atom. The summed E-state index contributed by atoms with van der Waals surface area (Å²) in [6, 6.07) is 15.1. The maximum atomic E-state index is 13.4. The molecule has 2 aliphatic rings. The van der Waals surface area contributed by atoms with E-state index >= 15 is 0 Å². The second-order valence-electron chi connectivity index (χ2n) is 8.49. The average molecular weight is 457 g/mol. The van der Waals surface area contributed by atoms with Gasteiger partial charge in [-0.2, -0.15) is 4.31 Å². The molecular weight excluding hydrogens is 424 g/mol. The van der Waals surface area contributed by atoms with E-state index in [0.29, 0.717) is 18.8 Å². The van der Waals surface area contributed by atoms with Crippen molar-refractivity contribution in [3.8, 4) is 5.75 Å². The van der Waals surface area contributed by atoms with E-state index in [9.17, 15) is 13.5 Å². The lowest BCUT2D eigenvalue weighted by Gasteiger charge is -2.57. The smallest absolute Gasteiger partial charge is 0.243 e. The quantitative estimate of drug-likeness (QED) is 0.722. The molecule has 0 aliphatic carbocycles. The molecule has 0 bridgehead atoms. The largest absolute Gasteiger partial charge is 0.497 e. The Hall–Kier alpha value is -2.19. The lowest BCUT2D eigenvalue weighted by atomic mass is 9.74. The van der Waals surface area contributed by atoms with Gasteiger partial charge in [-0.15, -0.1) is 0 Å². The number of benzene rings is 2. The van der Waals surface area contributed by atoms with Gasteiger partial charge in [0, 0.05) is 31.1 Å². The third-order valence-electron chi connectivity index (χ3n) is 6.71. The van der Waals surface area contributed by atoms with Gasteiger partial charge in [-0.1, -0.05) is 36.4 Å². The molecule has 7 heteroatoms. The van der Waals surface area contributed by atoms with Gasteiger partial charge in [-0.3, -0.25) is 4.90 Å². The highest BCUT2D eigenvalue weighted by Gasteiger charge is 2.50. The molecule has 2 aromatic rings. The molecule has 2 saturated heterocycles. The molecule has 3 atom stereocenters. The predicted octanol–water partition coefficient (Wildman–Crippen LogP) is 3.34. The van der Waals surface area contributed by atoms with Crippen molar-refractivity contribution in [1.82, 2.24) is 9.21 Å². The van der Waals surface area contributed by atoms with Gasteiger partial charge in [0.25, 0.3) is 0 Å². The first kappa shape index (κ1) is 23.0. The summed E-state index contributed by atoms with van der Waals surface area (Å²) in [6.07, 6.45) is 5.78. The van der Waals surface area contributed by atoms with E-state index in [2.05, 4.69) is 35.2 Å². The number of fused-ring (bicyclic) bond motifs is 1. The third kappa shape index (κ3) is 4.35. The standard InChI is InChI=1S/C25H32N2O4S/c1-3-6-19-7-9-20(10-8-19)25-23-17-26(15-4-5-16-27(23)24(25)18-28)32(29,30)22-13-11-21(31-2)12-14-22/h3,6-14,23-25,28H,4-5,15-18H2,1-2H3/t23-,24+,25+/m1/s1. The van der Waals surface area contributed by atoms with E-state index < -0.39 is 10.0 Å². The van der Waals surface area contributed by atoms with Crippen molar-refractivity contribution >= 4 is 16.1 Å². The lowest BCUT2D eigenvalue weighted by molar-refractivity contribution is -0.0553. The number of ether oxygens (including phenoxy) is 1. The Bertz CT molecular complexity index is 1030. The Kier molecular flexibility index (Phi) is 7.00. The minimum absolute atomic E-state index is 0.0243. The van der Waals surface area contributed by atoms with Crippen LogP contribution in [-0.4, -0.2) is 68.2 Å². The molecule has 1 N–H and O–H groups in total. The number of rotatable bonds is 6. The number of hydrogen-bond donors (Lipinski definition) is 1. The highest BCUT2D eigenvalue weighted by Crippen LogP contribution is 2.42. The third-order valence-corrected chi connectivity index (χ3v) is 8.59. The van der Waals surface area contributed by atoms with Crippen LogP contribution in [0.15, 0.2) is 59.5 Å². The van der Waals surface area contributed by atoms with Gasteiger partial charge < -0.3 is 9.84 Å². The summed E-state index contributed by atoms with van der Waals surface area (Å²) in [6.45, 7) is 3.88. The molecule has 2 aliphatic heterocycles. The number of hydrogen-bond acceptors (Lipinski definition) is 5. The van der Waals surface area contributed by atoms with Crippen molar-refractivity contribution in [2.75, 3.05) is 33.4 Å². The Labute approximate surface area is 191 Å². The second-order valence-corrected chi connectivity index (χ2v) is 10.4. The van der Waals surface area contributed by atoms with Crippen LogP contribution >= 0.6 is 0 Å². The van der Waals surface area contributed by atoms with Crippen molar-refractivity contribution in [2.45, 2.75) is 42.7 Å². The molecule has 172 valence electrons. The van der Waals surface area contributed by atoms with Gasteiger partial charge in [-0.25, -0.2) is 8.42 Å². The van der Waals surface area contributed by atoms with Crippen molar-refractivity contribution in [3.63, 3.8) is 0 Å². The molecule has 0 radical (unpaired) electrons. The van der Waals surface area contributed by atoms with Gasteiger partial charge in [0.1, 0.15) is 5.75 Å². The molecule has 0 unspecified atom stereocenters. The van der Waals surface area contributed by atoms with Crippen LogP contribution in [0, 0.1) is 0 Å². The van der Waals surface area contributed by atoms with Crippen LogP contribution in [0.5, 0.6) is 5.75 Å². The Balaban J connectivity index is 1.61. The molecule has 2 aromatic carbocycles. The summed E-state index contributed by atoms with van der Waals surface area (Å²) in [5.74, 6) is 0.736. The molecular formula is C25H32N2O4S. The number of methoxy groups -OCH3 is 1. The van der Waals surface area contributed by atoms with Crippen LogP contribution < -0.4 is 4.74 Å². The van der Waals surface area contributed by atoms with Crippen LogP contribution in [0.25, 0.3) is 6.08 Å². The van der Waals surface area contributed by atoms with E-state index in [0.717, 1.165) is 30.5 Å². The Morgan fingerprint density at radius 3 is 2.38 bits per heavy atom. The van der Waals surface area contributed by atoms with Crippen LogP contribution in [0.3, 0.4) is 0 Å².